The number of aryl methyl sites for hydroxylation is 1. The van der Waals surface area contributed by atoms with Gasteiger partial charge in [-0.3, -0.25) is 23.7 Å². The van der Waals surface area contributed by atoms with Crippen molar-refractivity contribution in [1.82, 2.24) is 23.7 Å². The lowest BCUT2D eigenvalue weighted by molar-refractivity contribution is 0.157. The van der Waals surface area contributed by atoms with E-state index in [9.17, 15) is 24.6 Å². The molecule has 1 unspecified atom stereocenters. The molecule has 10 heteroatoms. The SMILES string of the molecule is Cn1c(=O)c2c(ncn2CC(O)c2cc(O)[nH]c(=O)c2)n(C)c1=O. The first-order valence-electron chi connectivity index (χ1n) is 7.01. The highest BCUT2D eigenvalue weighted by Crippen LogP contribution is 2.18. The third-order valence-corrected chi connectivity index (χ3v) is 3.82. The Morgan fingerprint density at radius 2 is 1.92 bits per heavy atom. The van der Waals surface area contributed by atoms with E-state index in [0.29, 0.717) is 0 Å². The highest BCUT2D eigenvalue weighted by molar-refractivity contribution is 5.69. The van der Waals surface area contributed by atoms with Crippen molar-refractivity contribution in [2.75, 3.05) is 0 Å². The fourth-order valence-corrected chi connectivity index (χ4v) is 2.57. The second-order valence-corrected chi connectivity index (χ2v) is 5.45. The predicted octanol–water partition coefficient (Wildman–Crippen LogP) is -1.44. The summed E-state index contributed by atoms with van der Waals surface area (Å²) in [6.45, 7) is -0.0766. The first kappa shape index (κ1) is 15.7. The molecule has 0 radical (unpaired) electrons. The number of hydrogen-bond acceptors (Lipinski definition) is 6. The van der Waals surface area contributed by atoms with Crippen LogP contribution < -0.4 is 16.8 Å². The highest BCUT2D eigenvalue weighted by atomic mass is 16.3. The number of pyridine rings is 1. The van der Waals surface area contributed by atoms with E-state index in [1.807, 2.05) is 0 Å². The smallest absolute Gasteiger partial charge is 0.332 e. The molecule has 10 nitrogen and oxygen atoms in total. The van der Waals surface area contributed by atoms with Gasteiger partial charge in [-0.05, 0) is 5.56 Å². The van der Waals surface area contributed by atoms with Crippen LogP contribution in [0.3, 0.4) is 0 Å². The predicted molar refractivity (Wildman–Crippen MR) is 83.9 cm³/mol. The maximum absolute atomic E-state index is 12.3. The summed E-state index contributed by atoms with van der Waals surface area (Å²) in [5, 5.41) is 19.7. The molecule has 1 atom stereocenters. The Morgan fingerprint density at radius 1 is 1.21 bits per heavy atom. The molecule has 3 N–H and O–H groups in total. The van der Waals surface area contributed by atoms with Crippen molar-refractivity contribution in [2.45, 2.75) is 12.6 Å². The fourth-order valence-electron chi connectivity index (χ4n) is 2.57. The van der Waals surface area contributed by atoms with Crippen LogP contribution in [0.2, 0.25) is 0 Å². The van der Waals surface area contributed by atoms with Gasteiger partial charge < -0.3 is 14.8 Å². The van der Waals surface area contributed by atoms with Gasteiger partial charge >= 0.3 is 5.69 Å². The summed E-state index contributed by atoms with van der Waals surface area (Å²) >= 11 is 0. The van der Waals surface area contributed by atoms with Crippen molar-refractivity contribution in [1.29, 1.82) is 0 Å². The number of H-pyrrole nitrogens is 1. The second kappa shape index (κ2) is 5.49. The van der Waals surface area contributed by atoms with Crippen LogP contribution in [-0.4, -0.2) is 33.9 Å². The summed E-state index contributed by atoms with van der Waals surface area (Å²) in [5.74, 6) is -0.370. The molecule has 0 aromatic carbocycles. The first-order valence-corrected chi connectivity index (χ1v) is 7.01. The number of aromatic amines is 1. The normalized spacial score (nSPS) is 12.6. The van der Waals surface area contributed by atoms with E-state index in [0.717, 1.165) is 10.6 Å². The molecular formula is C14H15N5O5. The Balaban J connectivity index is 2.09. The van der Waals surface area contributed by atoms with E-state index in [1.54, 1.807) is 0 Å². The van der Waals surface area contributed by atoms with Crippen molar-refractivity contribution in [3.63, 3.8) is 0 Å². The van der Waals surface area contributed by atoms with Gasteiger partial charge in [0.1, 0.15) is 0 Å². The van der Waals surface area contributed by atoms with Crippen LogP contribution in [0.25, 0.3) is 11.2 Å². The molecule has 24 heavy (non-hydrogen) atoms. The molecule has 3 aromatic rings. The molecule has 0 aliphatic heterocycles. The minimum atomic E-state index is -1.16. The van der Waals surface area contributed by atoms with Crippen molar-refractivity contribution >= 4 is 11.2 Å². The molecule has 0 spiro atoms. The van der Waals surface area contributed by atoms with Gasteiger partial charge in [-0.15, -0.1) is 0 Å². The lowest BCUT2D eigenvalue weighted by atomic mass is 10.1. The molecule has 3 rings (SSSR count). The minimum absolute atomic E-state index is 0.0766. The lowest BCUT2D eigenvalue weighted by Gasteiger charge is -2.12. The molecule has 0 saturated carbocycles. The molecule has 3 heterocycles. The number of nitrogens with one attached hydrogen (secondary N) is 1. The molecule has 0 aliphatic carbocycles. The lowest BCUT2D eigenvalue weighted by Crippen LogP contribution is -2.37. The van der Waals surface area contributed by atoms with Gasteiger partial charge in [0, 0.05) is 26.2 Å². The number of hydrogen-bond donors (Lipinski definition) is 3. The van der Waals surface area contributed by atoms with Crippen LogP contribution in [-0.2, 0) is 20.6 Å². The standard InChI is InChI=1S/C14H15N5O5/c1-17-12-11(13(23)18(2)14(17)24)19(6-15-12)5-8(20)7-3-9(21)16-10(22)4-7/h3-4,6,8,20H,5H2,1-2H3,(H2,16,21,22). The quantitative estimate of drug-likeness (QED) is 0.537. The maximum atomic E-state index is 12.3. The number of fused-ring (bicyclic) bond motifs is 1. The minimum Gasteiger partial charge on any atom is -0.495 e. The number of aliphatic hydroxyl groups excluding tert-OH is 1. The first-order chi connectivity index (χ1) is 11.3. The number of rotatable bonds is 3. The van der Waals surface area contributed by atoms with Gasteiger partial charge in [0.2, 0.25) is 0 Å². The van der Waals surface area contributed by atoms with Crippen LogP contribution >= 0.6 is 0 Å². The Hall–Kier alpha value is -3.14. The fraction of sp³-hybridized carbons (Fsp3) is 0.286. The van der Waals surface area contributed by atoms with Gasteiger partial charge in [-0.25, -0.2) is 9.78 Å². The topological polar surface area (TPSA) is 135 Å². The van der Waals surface area contributed by atoms with Crippen LogP contribution in [0.1, 0.15) is 11.7 Å². The Bertz CT molecular complexity index is 1100. The number of aromatic nitrogens is 5. The van der Waals surface area contributed by atoms with E-state index in [2.05, 4.69) is 9.97 Å². The summed E-state index contributed by atoms with van der Waals surface area (Å²) in [6, 6.07) is 2.37. The number of aliphatic hydroxyl groups is 1. The van der Waals surface area contributed by atoms with E-state index >= 15 is 0 Å². The average molecular weight is 333 g/mol. The van der Waals surface area contributed by atoms with Gasteiger partial charge in [-0.2, -0.15) is 0 Å². The van der Waals surface area contributed by atoms with Crippen molar-refractivity contribution < 1.29 is 10.2 Å². The van der Waals surface area contributed by atoms with Gasteiger partial charge in [0.15, 0.2) is 17.0 Å². The zero-order valence-corrected chi connectivity index (χ0v) is 12.9. The number of nitrogens with zero attached hydrogens (tertiary/aromatic N) is 4. The third-order valence-electron chi connectivity index (χ3n) is 3.82. The van der Waals surface area contributed by atoms with Gasteiger partial charge in [0.25, 0.3) is 11.1 Å². The zero-order chi connectivity index (χ0) is 17.6. The summed E-state index contributed by atoms with van der Waals surface area (Å²) in [6.07, 6.45) is 0.180. The van der Waals surface area contributed by atoms with E-state index in [1.165, 1.54) is 35.6 Å². The largest absolute Gasteiger partial charge is 0.495 e. The van der Waals surface area contributed by atoms with E-state index < -0.39 is 22.9 Å². The summed E-state index contributed by atoms with van der Waals surface area (Å²) < 4.78 is 3.59. The van der Waals surface area contributed by atoms with Crippen molar-refractivity contribution in [3.05, 3.63) is 55.2 Å². The molecular weight excluding hydrogens is 318 g/mol. The van der Waals surface area contributed by atoms with Crippen LogP contribution in [0.5, 0.6) is 5.88 Å². The van der Waals surface area contributed by atoms with Gasteiger partial charge in [0.05, 0.1) is 19.0 Å². The molecule has 0 fully saturated rings. The summed E-state index contributed by atoms with van der Waals surface area (Å²) in [4.78, 5) is 41.8. The summed E-state index contributed by atoms with van der Waals surface area (Å²) in [7, 11) is 2.85. The molecule has 126 valence electrons. The number of imidazole rings is 1. The Labute approximate surface area is 133 Å². The number of aromatic hydroxyl groups is 1. The van der Waals surface area contributed by atoms with Crippen LogP contribution in [0.4, 0.5) is 0 Å². The monoisotopic (exact) mass is 333 g/mol. The molecule has 0 aliphatic rings. The third kappa shape index (κ3) is 2.42. The van der Waals surface area contributed by atoms with Crippen LogP contribution in [0.15, 0.2) is 32.8 Å². The molecule has 3 aromatic heterocycles. The highest BCUT2D eigenvalue weighted by Gasteiger charge is 2.17. The average Bonchev–Trinajstić information content (AvgIpc) is 2.93. The van der Waals surface area contributed by atoms with E-state index in [-0.39, 0.29) is 29.2 Å². The molecule has 0 saturated heterocycles. The maximum Gasteiger partial charge on any atom is 0.332 e. The Morgan fingerprint density at radius 3 is 2.58 bits per heavy atom. The Kier molecular flexibility index (Phi) is 3.60. The van der Waals surface area contributed by atoms with E-state index in [4.69, 9.17) is 0 Å². The van der Waals surface area contributed by atoms with Crippen LogP contribution in [0, 0.1) is 0 Å². The summed E-state index contributed by atoms with van der Waals surface area (Å²) in [5.41, 5.74) is -1.04. The van der Waals surface area contributed by atoms with Crippen molar-refractivity contribution in [3.8, 4) is 5.88 Å². The molecule has 0 amide bonds. The zero-order valence-electron chi connectivity index (χ0n) is 12.9. The second-order valence-electron chi connectivity index (χ2n) is 5.45. The van der Waals surface area contributed by atoms with Gasteiger partial charge in [-0.1, -0.05) is 0 Å². The molecule has 0 bridgehead atoms. The van der Waals surface area contributed by atoms with Crippen molar-refractivity contribution in [2.24, 2.45) is 14.1 Å².